The zero-order chi connectivity index (χ0) is 21.9. The molecule has 30 heavy (non-hydrogen) atoms. The Bertz CT molecular complexity index is 1010. The fourth-order valence-electron chi connectivity index (χ4n) is 3.47. The monoisotopic (exact) mass is 450 g/mol. The van der Waals surface area contributed by atoms with Gasteiger partial charge in [0.05, 0.1) is 11.5 Å². The fraction of sp³-hybridized carbons (Fsp3) is 0.409. The van der Waals surface area contributed by atoms with Gasteiger partial charge in [0.1, 0.15) is 5.75 Å². The Morgan fingerprint density at radius 3 is 2.43 bits per heavy atom. The molecule has 1 aliphatic rings. The van der Waals surface area contributed by atoms with E-state index in [-0.39, 0.29) is 30.1 Å². The molecule has 0 radical (unpaired) electrons. The average Bonchev–Trinajstić information content (AvgIpc) is 3.06. The lowest BCUT2D eigenvalue weighted by Gasteiger charge is -2.28. The molecule has 8 heteroatoms. The van der Waals surface area contributed by atoms with E-state index in [1.807, 2.05) is 50.2 Å². The van der Waals surface area contributed by atoms with Crippen LogP contribution in [0.1, 0.15) is 17.5 Å². The van der Waals surface area contributed by atoms with Crippen LogP contribution in [0.3, 0.4) is 0 Å². The SMILES string of the molecule is Cc1cc(OCC(=O)N(Cc2ccc(N(C)C)cc2)[C@H]2CCS(=O)(=O)C2)ccc1Cl. The maximum atomic E-state index is 13.0. The third-order valence-electron chi connectivity index (χ3n) is 5.27. The molecule has 0 unspecified atom stereocenters. The molecule has 0 saturated carbocycles. The van der Waals surface area contributed by atoms with E-state index in [1.165, 1.54) is 0 Å². The first-order valence-electron chi connectivity index (χ1n) is 9.80. The summed E-state index contributed by atoms with van der Waals surface area (Å²) < 4.78 is 29.7. The van der Waals surface area contributed by atoms with E-state index in [0.717, 1.165) is 16.8 Å². The van der Waals surface area contributed by atoms with Crippen molar-refractivity contribution in [3.05, 3.63) is 58.6 Å². The van der Waals surface area contributed by atoms with Crippen LogP contribution in [0.4, 0.5) is 5.69 Å². The van der Waals surface area contributed by atoms with E-state index in [0.29, 0.717) is 23.7 Å². The van der Waals surface area contributed by atoms with Crippen LogP contribution in [0.5, 0.6) is 5.75 Å². The van der Waals surface area contributed by atoms with Crippen molar-refractivity contribution in [1.29, 1.82) is 0 Å². The number of carbonyl (C=O) groups excluding carboxylic acids is 1. The molecule has 3 rings (SSSR count). The summed E-state index contributed by atoms with van der Waals surface area (Å²) in [7, 11) is 0.807. The van der Waals surface area contributed by atoms with Gasteiger partial charge in [0.25, 0.3) is 5.91 Å². The van der Waals surface area contributed by atoms with Crippen molar-refractivity contribution in [3.8, 4) is 5.75 Å². The Morgan fingerprint density at radius 2 is 1.87 bits per heavy atom. The van der Waals surface area contributed by atoms with Crippen molar-refractivity contribution < 1.29 is 17.9 Å². The quantitative estimate of drug-likeness (QED) is 0.647. The summed E-state index contributed by atoms with van der Waals surface area (Å²) in [5, 5.41) is 0.632. The van der Waals surface area contributed by atoms with Crippen molar-refractivity contribution in [2.75, 3.05) is 37.1 Å². The van der Waals surface area contributed by atoms with Gasteiger partial charge < -0.3 is 14.5 Å². The molecule has 2 aromatic rings. The summed E-state index contributed by atoms with van der Waals surface area (Å²) in [5.74, 6) is 0.424. The Morgan fingerprint density at radius 1 is 1.17 bits per heavy atom. The first-order chi connectivity index (χ1) is 14.1. The predicted molar refractivity (Wildman–Crippen MR) is 120 cm³/mol. The van der Waals surface area contributed by atoms with Crippen molar-refractivity contribution in [2.24, 2.45) is 0 Å². The van der Waals surface area contributed by atoms with Gasteiger partial charge in [-0.05, 0) is 54.8 Å². The third-order valence-corrected chi connectivity index (χ3v) is 7.44. The van der Waals surface area contributed by atoms with Crippen LogP contribution in [-0.2, 0) is 21.2 Å². The number of hydrogen-bond donors (Lipinski definition) is 0. The Kier molecular flexibility index (Phi) is 6.93. The van der Waals surface area contributed by atoms with Gasteiger partial charge in [-0.15, -0.1) is 0 Å². The highest BCUT2D eigenvalue weighted by Crippen LogP contribution is 2.23. The minimum Gasteiger partial charge on any atom is -0.484 e. The molecule has 0 N–H and O–H groups in total. The number of aryl methyl sites for hydroxylation is 1. The lowest BCUT2D eigenvalue weighted by Crippen LogP contribution is -2.43. The number of anilines is 1. The third kappa shape index (κ3) is 5.67. The molecule has 1 fully saturated rings. The van der Waals surface area contributed by atoms with Gasteiger partial charge in [-0.25, -0.2) is 8.42 Å². The summed E-state index contributed by atoms with van der Waals surface area (Å²) in [4.78, 5) is 16.7. The van der Waals surface area contributed by atoms with E-state index in [9.17, 15) is 13.2 Å². The molecular formula is C22H27ClN2O4S. The van der Waals surface area contributed by atoms with E-state index in [4.69, 9.17) is 16.3 Å². The summed E-state index contributed by atoms with van der Waals surface area (Å²) in [5.41, 5.74) is 2.86. The maximum absolute atomic E-state index is 13.0. The lowest BCUT2D eigenvalue weighted by atomic mass is 10.1. The molecule has 1 aliphatic heterocycles. The first-order valence-corrected chi connectivity index (χ1v) is 12.0. The number of ether oxygens (including phenoxy) is 1. The molecule has 162 valence electrons. The minimum atomic E-state index is -3.12. The molecule has 1 heterocycles. The number of nitrogens with zero attached hydrogens (tertiary/aromatic N) is 2. The molecular weight excluding hydrogens is 424 g/mol. The van der Waals surface area contributed by atoms with Crippen LogP contribution in [0.25, 0.3) is 0 Å². The summed E-state index contributed by atoms with van der Waals surface area (Å²) in [6.45, 7) is 2.05. The predicted octanol–water partition coefficient (Wildman–Crippen LogP) is 3.31. The number of carbonyl (C=O) groups is 1. The second-order valence-corrected chi connectivity index (χ2v) is 10.5. The highest BCUT2D eigenvalue weighted by Gasteiger charge is 2.34. The second-order valence-electron chi connectivity index (χ2n) is 7.84. The zero-order valence-corrected chi connectivity index (χ0v) is 19.0. The van der Waals surface area contributed by atoms with Crippen LogP contribution in [0.15, 0.2) is 42.5 Å². The summed E-state index contributed by atoms with van der Waals surface area (Å²) in [6, 6.07) is 12.8. The largest absolute Gasteiger partial charge is 0.484 e. The van der Waals surface area contributed by atoms with Gasteiger partial charge in [0.2, 0.25) is 0 Å². The van der Waals surface area contributed by atoms with Gasteiger partial charge in [0.15, 0.2) is 16.4 Å². The number of benzene rings is 2. The smallest absolute Gasteiger partial charge is 0.261 e. The number of hydrogen-bond acceptors (Lipinski definition) is 5. The van der Waals surface area contributed by atoms with Gasteiger partial charge in [-0.3, -0.25) is 4.79 Å². The molecule has 2 aromatic carbocycles. The normalized spacial score (nSPS) is 17.5. The van der Waals surface area contributed by atoms with Crippen LogP contribution < -0.4 is 9.64 Å². The summed E-state index contributed by atoms with van der Waals surface area (Å²) in [6.07, 6.45) is 0.448. The molecule has 6 nitrogen and oxygen atoms in total. The zero-order valence-electron chi connectivity index (χ0n) is 17.5. The number of sulfone groups is 1. The first kappa shape index (κ1) is 22.4. The highest BCUT2D eigenvalue weighted by atomic mass is 35.5. The van der Waals surface area contributed by atoms with Gasteiger partial charge in [0, 0.05) is 37.4 Å². The summed E-state index contributed by atoms with van der Waals surface area (Å²) >= 11 is 6.04. The van der Waals surface area contributed by atoms with Crippen molar-refractivity contribution in [3.63, 3.8) is 0 Å². The van der Waals surface area contributed by atoms with Crippen molar-refractivity contribution >= 4 is 33.0 Å². The topological polar surface area (TPSA) is 66.9 Å². The van der Waals surface area contributed by atoms with Crippen molar-refractivity contribution in [1.82, 2.24) is 4.90 Å². The molecule has 1 amide bonds. The fourth-order valence-corrected chi connectivity index (χ4v) is 5.32. The number of rotatable bonds is 7. The molecule has 1 atom stereocenters. The number of amides is 1. The minimum absolute atomic E-state index is 0.00538. The average molecular weight is 451 g/mol. The molecule has 1 saturated heterocycles. The molecule has 0 bridgehead atoms. The second kappa shape index (κ2) is 9.27. The van der Waals surface area contributed by atoms with E-state index in [2.05, 4.69) is 0 Å². The van der Waals surface area contributed by atoms with E-state index >= 15 is 0 Å². The van der Waals surface area contributed by atoms with Gasteiger partial charge in [-0.1, -0.05) is 23.7 Å². The highest BCUT2D eigenvalue weighted by molar-refractivity contribution is 7.91. The Hall–Kier alpha value is -2.25. The van der Waals surface area contributed by atoms with E-state index in [1.54, 1.807) is 23.1 Å². The molecule has 0 aliphatic carbocycles. The standard InChI is InChI=1S/C22H27ClN2O4S/c1-16-12-20(8-9-21(16)23)29-14-22(26)25(19-10-11-30(27,28)15-19)13-17-4-6-18(7-5-17)24(2)3/h4-9,12,19H,10-11,13-15H2,1-3H3/t19-/m0/s1. The van der Waals surface area contributed by atoms with Crippen LogP contribution >= 0.6 is 11.6 Å². The molecule has 0 spiro atoms. The van der Waals surface area contributed by atoms with Gasteiger partial charge >= 0.3 is 0 Å². The van der Waals surface area contributed by atoms with Crippen LogP contribution in [0, 0.1) is 6.92 Å². The van der Waals surface area contributed by atoms with Crippen LogP contribution in [-0.4, -0.2) is 57.5 Å². The van der Waals surface area contributed by atoms with Crippen molar-refractivity contribution in [2.45, 2.75) is 25.9 Å². The number of halogens is 1. The maximum Gasteiger partial charge on any atom is 0.261 e. The molecule has 0 aromatic heterocycles. The van der Waals surface area contributed by atoms with Gasteiger partial charge in [-0.2, -0.15) is 0 Å². The van der Waals surface area contributed by atoms with Crippen LogP contribution in [0.2, 0.25) is 5.02 Å². The van der Waals surface area contributed by atoms with E-state index < -0.39 is 9.84 Å². The Labute approximate surface area is 183 Å². The Balaban J connectivity index is 1.74. The lowest BCUT2D eigenvalue weighted by molar-refractivity contribution is -0.136.